The molecule has 0 bridgehead atoms. The molecule has 0 unspecified atom stereocenters. The number of nitrogens with one attached hydrogen (secondary N) is 1. The van der Waals surface area contributed by atoms with Crippen molar-refractivity contribution < 1.29 is 4.79 Å². The first-order valence-electron chi connectivity index (χ1n) is 6.81. The molecule has 0 atom stereocenters. The lowest BCUT2D eigenvalue weighted by Crippen LogP contribution is -2.08. The molecule has 2 aromatic carbocycles. The van der Waals surface area contributed by atoms with E-state index in [1.54, 1.807) is 24.4 Å². The first-order valence-corrected chi connectivity index (χ1v) is 7.18. The zero-order valence-corrected chi connectivity index (χ0v) is 12.4. The monoisotopic (exact) mass is 308 g/mol. The minimum atomic E-state index is -0.189. The quantitative estimate of drug-likeness (QED) is 0.722. The number of nitrogens with zero attached hydrogens (tertiary/aromatic N) is 1. The fourth-order valence-corrected chi connectivity index (χ4v) is 2.26. The summed E-state index contributed by atoms with van der Waals surface area (Å²) in [7, 11) is 0. The maximum atomic E-state index is 12.1. The van der Waals surface area contributed by atoms with Crippen molar-refractivity contribution in [3.63, 3.8) is 0 Å². The van der Waals surface area contributed by atoms with Gasteiger partial charge in [-0.25, -0.2) is 0 Å². The van der Waals surface area contributed by atoms with Gasteiger partial charge in [0, 0.05) is 22.7 Å². The van der Waals surface area contributed by atoms with E-state index in [1.165, 1.54) is 6.08 Å². The van der Waals surface area contributed by atoms with E-state index in [-0.39, 0.29) is 5.91 Å². The summed E-state index contributed by atoms with van der Waals surface area (Å²) in [6, 6.07) is 16.7. The summed E-state index contributed by atoms with van der Waals surface area (Å²) in [5.74, 6) is -0.189. The summed E-state index contributed by atoms with van der Waals surface area (Å²) in [6.45, 7) is 0. The van der Waals surface area contributed by atoms with Gasteiger partial charge in [-0.2, -0.15) is 0 Å². The molecule has 0 aliphatic carbocycles. The predicted molar refractivity (Wildman–Crippen MR) is 90.9 cm³/mol. The van der Waals surface area contributed by atoms with Crippen LogP contribution in [0.2, 0.25) is 5.02 Å². The van der Waals surface area contributed by atoms with Crippen molar-refractivity contribution in [1.29, 1.82) is 0 Å². The molecule has 108 valence electrons. The van der Waals surface area contributed by atoms with E-state index in [0.717, 1.165) is 22.2 Å². The molecular weight excluding hydrogens is 296 g/mol. The summed E-state index contributed by atoms with van der Waals surface area (Å²) >= 11 is 5.83. The minimum Gasteiger partial charge on any atom is -0.322 e. The first kappa shape index (κ1) is 14.3. The lowest BCUT2D eigenvalue weighted by Gasteiger charge is -2.06. The second kappa shape index (κ2) is 6.41. The molecule has 0 saturated heterocycles. The molecule has 0 aliphatic heterocycles. The maximum absolute atomic E-state index is 12.1. The highest BCUT2D eigenvalue weighted by Crippen LogP contribution is 2.21. The van der Waals surface area contributed by atoms with Gasteiger partial charge in [0.2, 0.25) is 5.91 Å². The molecule has 3 rings (SSSR count). The van der Waals surface area contributed by atoms with E-state index >= 15 is 0 Å². The predicted octanol–water partition coefficient (Wildman–Crippen LogP) is 4.54. The normalized spacial score (nSPS) is 11.0. The van der Waals surface area contributed by atoms with Crippen LogP contribution in [0.1, 0.15) is 5.56 Å². The Morgan fingerprint density at radius 1 is 1.05 bits per heavy atom. The van der Waals surface area contributed by atoms with Gasteiger partial charge >= 0.3 is 0 Å². The van der Waals surface area contributed by atoms with Crippen molar-refractivity contribution in [2.24, 2.45) is 0 Å². The van der Waals surface area contributed by atoms with Crippen molar-refractivity contribution >= 4 is 40.2 Å². The van der Waals surface area contributed by atoms with Crippen molar-refractivity contribution in [2.45, 2.75) is 0 Å². The number of hydrogen-bond acceptors (Lipinski definition) is 2. The highest BCUT2D eigenvalue weighted by molar-refractivity contribution is 6.30. The fourth-order valence-electron chi connectivity index (χ4n) is 2.13. The Kier molecular flexibility index (Phi) is 4.17. The number of halogens is 1. The second-order valence-corrected chi connectivity index (χ2v) is 5.19. The molecule has 0 spiro atoms. The number of amides is 1. The van der Waals surface area contributed by atoms with Crippen LogP contribution in [-0.2, 0) is 4.79 Å². The molecule has 1 aromatic heterocycles. The van der Waals surface area contributed by atoms with Crippen molar-refractivity contribution in [3.8, 4) is 0 Å². The Morgan fingerprint density at radius 2 is 1.86 bits per heavy atom. The Bertz CT molecular complexity index is 836. The van der Waals surface area contributed by atoms with E-state index in [0.29, 0.717) is 5.02 Å². The van der Waals surface area contributed by atoms with E-state index < -0.39 is 0 Å². The van der Waals surface area contributed by atoms with Gasteiger partial charge in [0.1, 0.15) is 0 Å². The topological polar surface area (TPSA) is 42.0 Å². The van der Waals surface area contributed by atoms with Gasteiger partial charge in [-0.15, -0.1) is 0 Å². The number of pyridine rings is 1. The average molecular weight is 309 g/mol. The van der Waals surface area contributed by atoms with Crippen LogP contribution >= 0.6 is 11.6 Å². The third-order valence-corrected chi connectivity index (χ3v) is 3.45. The molecule has 0 fully saturated rings. The summed E-state index contributed by atoms with van der Waals surface area (Å²) in [6.07, 6.45) is 4.97. The number of anilines is 1. The maximum Gasteiger partial charge on any atom is 0.248 e. The van der Waals surface area contributed by atoms with Crippen LogP contribution < -0.4 is 5.32 Å². The number of hydrogen-bond donors (Lipinski definition) is 1. The lowest BCUT2D eigenvalue weighted by atomic mass is 10.1. The molecule has 22 heavy (non-hydrogen) atoms. The zero-order chi connectivity index (χ0) is 15.4. The standard InChI is InChI=1S/C18H13ClN2O/c19-14-9-6-13(7-10-14)8-11-18(22)21-17-5-1-4-16-15(17)3-2-12-20-16/h1-12H,(H,21,22)/b11-8+. The molecule has 4 heteroatoms. The summed E-state index contributed by atoms with van der Waals surface area (Å²) in [5.41, 5.74) is 2.51. The molecule has 0 radical (unpaired) electrons. The average Bonchev–Trinajstić information content (AvgIpc) is 2.55. The third-order valence-electron chi connectivity index (χ3n) is 3.20. The van der Waals surface area contributed by atoms with E-state index in [1.807, 2.05) is 42.5 Å². The molecule has 1 amide bonds. The molecule has 0 aliphatic rings. The molecule has 1 heterocycles. The van der Waals surface area contributed by atoms with Gasteiger partial charge in [0.05, 0.1) is 11.2 Å². The van der Waals surface area contributed by atoms with Crippen LogP contribution in [0.4, 0.5) is 5.69 Å². The second-order valence-electron chi connectivity index (χ2n) is 4.75. The number of benzene rings is 2. The lowest BCUT2D eigenvalue weighted by molar-refractivity contribution is -0.111. The molecule has 0 saturated carbocycles. The molecular formula is C18H13ClN2O. The smallest absolute Gasteiger partial charge is 0.248 e. The largest absolute Gasteiger partial charge is 0.322 e. The zero-order valence-electron chi connectivity index (χ0n) is 11.7. The molecule has 3 nitrogen and oxygen atoms in total. The first-order chi connectivity index (χ1) is 10.7. The Balaban J connectivity index is 1.77. The Hall–Kier alpha value is -2.65. The van der Waals surface area contributed by atoms with E-state index in [4.69, 9.17) is 11.6 Å². The van der Waals surface area contributed by atoms with Crippen LogP contribution in [0.15, 0.2) is 66.9 Å². The number of fused-ring (bicyclic) bond motifs is 1. The van der Waals surface area contributed by atoms with Gasteiger partial charge in [0.25, 0.3) is 0 Å². The van der Waals surface area contributed by atoms with Gasteiger partial charge in [-0.1, -0.05) is 29.8 Å². The van der Waals surface area contributed by atoms with Crippen LogP contribution in [-0.4, -0.2) is 10.9 Å². The highest BCUT2D eigenvalue weighted by Gasteiger charge is 2.03. The van der Waals surface area contributed by atoms with Crippen LogP contribution in [0, 0.1) is 0 Å². The Labute approximate surface area is 133 Å². The molecule has 3 aromatic rings. The summed E-state index contributed by atoms with van der Waals surface area (Å²) in [4.78, 5) is 16.3. The van der Waals surface area contributed by atoms with Crippen molar-refractivity contribution in [1.82, 2.24) is 4.98 Å². The van der Waals surface area contributed by atoms with Crippen LogP contribution in [0.25, 0.3) is 17.0 Å². The fraction of sp³-hybridized carbons (Fsp3) is 0. The summed E-state index contributed by atoms with van der Waals surface area (Å²) < 4.78 is 0. The SMILES string of the molecule is O=C(/C=C/c1ccc(Cl)cc1)Nc1cccc2ncccc12. The van der Waals surface area contributed by atoms with Gasteiger partial charge in [-0.05, 0) is 48.0 Å². The van der Waals surface area contributed by atoms with Gasteiger partial charge in [0.15, 0.2) is 0 Å². The Morgan fingerprint density at radius 3 is 2.68 bits per heavy atom. The van der Waals surface area contributed by atoms with Gasteiger partial charge in [-0.3, -0.25) is 9.78 Å². The third kappa shape index (κ3) is 3.32. The van der Waals surface area contributed by atoms with Crippen LogP contribution in [0.5, 0.6) is 0 Å². The number of carbonyl (C=O) groups is 1. The van der Waals surface area contributed by atoms with E-state index in [2.05, 4.69) is 10.3 Å². The summed E-state index contributed by atoms with van der Waals surface area (Å²) in [5, 5.41) is 4.46. The number of rotatable bonds is 3. The van der Waals surface area contributed by atoms with Crippen LogP contribution in [0.3, 0.4) is 0 Å². The van der Waals surface area contributed by atoms with E-state index in [9.17, 15) is 4.79 Å². The molecule has 1 N–H and O–H groups in total. The number of carbonyl (C=O) groups excluding carboxylic acids is 1. The number of aromatic nitrogens is 1. The van der Waals surface area contributed by atoms with Crippen molar-refractivity contribution in [3.05, 3.63) is 77.5 Å². The highest BCUT2D eigenvalue weighted by atomic mass is 35.5. The van der Waals surface area contributed by atoms with Gasteiger partial charge < -0.3 is 5.32 Å². The van der Waals surface area contributed by atoms with Crippen molar-refractivity contribution in [2.75, 3.05) is 5.32 Å². The minimum absolute atomic E-state index is 0.189.